The van der Waals surface area contributed by atoms with E-state index in [2.05, 4.69) is 67.0 Å². The fourth-order valence-corrected chi connectivity index (χ4v) is 10.5. The van der Waals surface area contributed by atoms with Crippen LogP contribution in [0.25, 0.3) is 0 Å². The molecule has 0 aromatic heterocycles. The average Bonchev–Trinajstić information content (AvgIpc) is 2.08. The minimum Gasteiger partial charge on any atom is -0.433 e. The Morgan fingerprint density at radius 3 is 1.10 bits per heavy atom. The quantitative estimate of drug-likeness (QED) is 0.343. The van der Waals surface area contributed by atoms with Crippen LogP contribution in [0.5, 0.6) is 0 Å². The van der Waals surface area contributed by atoms with Crippen molar-refractivity contribution < 1.29 is 18.4 Å². The Kier molecular flexibility index (Phi) is 14.5. The molecule has 0 atom stereocenters. The summed E-state index contributed by atoms with van der Waals surface area (Å²) in [5, 5.41) is 0. The second kappa shape index (κ2) is 12.4. The van der Waals surface area contributed by atoms with Gasteiger partial charge in [-0.2, -0.15) is 0 Å². The van der Waals surface area contributed by atoms with Crippen molar-refractivity contribution in [2.75, 3.05) is 0 Å². The monoisotopic (exact) mass is 512 g/mol. The molecule has 0 radical (unpaired) electrons. The Balaban J connectivity index is -0.000000465. The van der Waals surface area contributed by atoms with E-state index in [0.29, 0.717) is 5.41 Å². The summed E-state index contributed by atoms with van der Waals surface area (Å²) in [6.07, 6.45) is 1.16. The summed E-state index contributed by atoms with van der Waals surface area (Å²) in [6.45, 7) is 38.5. The Morgan fingerprint density at radius 1 is 0.613 bits per heavy atom. The van der Waals surface area contributed by atoms with Crippen LogP contribution in [0.4, 0.5) is 0 Å². The Labute approximate surface area is 201 Å². The van der Waals surface area contributed by atoms with Crippen LogP contribution in [0.2, 0.25) is 78.1 Å². The molecule has 0 rings (SSSR count). The van der Waals surface area contributed by atoms with Gasteiger partial charge in [0, 0.05) is 8.07 Å². The van der Waals surface area contributed by atoms with Crippen molar-refractivity contribution in [3.05, 3.63) is 0 Å². The molecule has 0 spiro atoms. The van der Waals surface area contributed by atoms with Crippen LogP contribution < -0.4 is 0 Å². The van der Waals surface area contributed by atoms with Crippen LogP contribution in [0.3, 0.4) is 0 Å². The van der Waals surface area contributed by atoms with Gasteiger partial charge in [-0.25, -0.2) is 0 Å². The smallest absolute Gasteiger partial charge is 0.329 e. The summed E-state index contributed by atoms with van der Waals surface area (Å²) in [5.41, 5.74) is 0.214. The molecule has 0 aromatic rings. The summed E-state index contributed by atoms with van der Waals surface area (Å²) >= 11 is 0. The highest BCUT2D eigenvalue weighted by atomic mass is 28.4. The minimum atomic E-state index is -2.29. The van der Waals surface area contributed by atoms with Gasteiger partial charge in [-0.1, -0.05) is 39.5 Å². The van der Waals surface area contributed by atoms with E-state index < -0.39 is 33.3 Å². The molecule has 192 valence electrons. The van der Waals surface area contributed by atoms with E-state index in [1.165, 1.54) is 6.04 Å². The zero-order valence-electron chi connectivity index (χ0n) is 24.6. The van der Waals surface area contributed by atoms with E-state index in [4.69, 9.17) is 13.6 Å². The molecule has 0 saturated heterocycles. The lowest BCUT2D eigenvalue weighted by atomic mass is 9.83. The van der Waals surface area contributed by atoms with Crippen molar-refractivity contribution in [2.45, 2.75) is 144 Å². The van der Waals surface area contributed by atoms with Crippen molar-refractivity contribution in [3.8, 4) is 0 Å². The second-order valence-electron chi connectivity index (χ2n) is 14.9. The van der Waals surface area contributed by atoms with E-state index in [1.807, 2.05) is 40.4 Å². The summed E-state index contributed by atoms with van der Waals surface area (Å²) < 4.78 is 11.6. The molecule has 0 fully saturated rings. The first-order chi connectivity index (χ1) is 12.8. The standard InChI is InChI=1S/C14H34OSi2.C6H16O2Si.C3H10OSi/c1-13(2,12-16(5,6)7)11-14(3,4)15-17(8,9)10;1-6(2,3)8-9(4,5)7;1-5(2,3)4/h11-12H2,1-10H3;7H,1-5H3;4H,1-3H3. The van der Waals surface area contributed by atoms with Crippen LogP contribution >= 0.6 is 0 Å². The molecule has 4 nitrogen and oxygen atoms in total. The average molecular weight is 513 g/mol. The maximum absolute atomic E-state index is 9.27. The third-order valence-corrected chi connectivity index (χ3v) is 7.35. The maximum Gasteiger partial charge on any atom is 0.329 e. The zero-order valence-corrected chi connectivity index (χ0v) is 28.6. The van der Waals surface area contributed by atoms with Gasteiger partial charge in [0.2, 0.25) is 0 Å². The Bertz CT molecular complexity index is 442. The molecule has 0 aromatic carbocycles. The van der Waals surface area contributed by atoms with Gasteiger partial charge in [-0.05, 0) is 98.8 Å². The third kappa shape index (κ3) is 41.5. The summed E-state index contributed by atoms with van der Waals surface area (Å²) in [7, 11) is -6.34. The highest BCUT2D eigenvalue weighted by Gasteiger charge is 2.35. The van der Waals surface area contributed by atoms with Crippen LogP contribution in [-0.2, 0) is 8.85 Å². The molecule has 0 aliphatic heterocycles. The van der Waals surface area contributed by atoms with Crippen molar-refractivity contribution >= 4 is 33.3 Å². The van der Waals surface area contributed by atoms with Crippen LogP contribution in [0.15, 0.2) is 0 Å². The molecule has 0 amide bonds. The molecule has 0 aliphatic carbocycles. The van der Waals surface area contributed by atoms with E-state index in [0.717, 1.165) is 6.42 Å². The lowest BCUT2D eigenvalue weighted by Crippen LogP contribution is -2.42. The Morgan fingerprint density at radius 2 is 0.935 bits per heavy atom. The van der Waals surface area contributed by atoms with Gasteiger partial charge in [0.1, 0.15) is 0 Å². The summed E-state index contributed by atoms with van der Waals surface area (Å²) in [4.78, 5) is 17.9. The van der Waals surface area contributed by atoms with Crippen molar-refractivity contribution in [1.82, 2.24) is 0 Å². The van der Waals surface area contributed by atoms with E-state index in [-0.39, 0.29) is 11.2 Å². The molecule has 0 unspecified atom stereocenters. The van der Waals surface area contributed by atoms with Crippen LogP contribution in [0, 0.1) is 5.41 Å². The number of rotatable bonds is 7. The first-order valence-corrected chi connectivity index (χ1v) is 25.1. The molecular weight excluding hydrogens is 453 g/mol. The highest BCUT2D eigenvalue weighted by Crippen LogP contribution is 2.38. The predicted molar refractivity (Wildman–Crippen MR) is 151 cm³/mol. The molecule has 31 heavy (non-hydrogen) atoms. The van der Waals surface area contributed by atoms with E-state index in [1.54, 1.807) is 13.1 Å². The van der Waals surface area contributed by atoms with Crippen LogP contribution in [0.1, 0.15) is 54.9 Å². The summed E-state index contributed by atoms with van der Waals surface area (Å²) in [5.74, 6) is 0. The van der Waals surface area contributed by atoms with Gasteiger partial charge in [-0.3, -0.25) is 0 Å². The van der Waals surface area contributed by atoms with Gasteiger partial charge in [-0.15, -0.1) is 0 Å². The lowest BCUT2D eigenvalue weighted by Gasteiger charge is -2.41. The second-order valence-corrected chi connectivity index (χ2v) is 32.2. The van der Waals surface area contributed by atoms with Gasteiger partial charge < -0.3 is 18.4 Å². The lowest BCUT2D eigenvalue weighted by molar-refractivity contribution is 0.0546. The molecule has 0 heterocycles. The molecule has 0 bridgehead atoms. The van der Waals surface area contributed by atoms with Gasteiger partial charge in [0.15, 0.2) is 16.6 Å². The van der Waals surface area contributed by atoms with Crippen LogP contribution in [-0.4, -0.2) is 54.1 Å². The number of hydrogen-bond donors (Lipinski definition) is 2. The topological polar surface area (TPSA) is 58.9 Å². The normalized spacial score (nSPS) is 14.3. The van der Waals surface area contributed by atoms with Gasteiger partial charge in [0.05, 0.1) is 11.2 Å². The highest BCUT2D eigenvalue weighted by molar-refractivity contribution is 6.76. The van der Waals surface area contributed by atoms with E-state index in [9.17, 15) is 4.80 Å². The molecule has 8 heteroatoms. The number of hydrogen-bond acceptors (Lipinski definition) is 4. The molecular formula is C23H60O4Si4. The van der Waals surface area contributed by atoms with Gasteiger partial charge in [0.25, 0.3) is 0 Å². The largest absolute Gasteiger partial charge is 0.433 e. The Hall–Kier alpha value is 0.708. The molecule has 2 N–H and O–H groups in total. The fourth-order valence-electron chi connectivity index (χ4n) is 4.26. The molecule has 0 saturated carbocycles. The zero-order chi connectivity index (χ0) is 26.3. The van der Waals surface area contributed by atoms with Crippen molar-refractivity contribution in [1.29, 1.82) is 0 Å². The van der Waals surface area contributed by atoms with Gasteiger partial charge >= 0.3 is 8.56 Å². The maximum atomic E-state index is 9.27. The van der Waals surface area contributed by atoms with Crippen molar-refractivity contribution in [2.24, 2.45) is 5.41 Å². The fraction of sp³-hybridized carbons (Fsp3) is 1.00. The SMILES string of the molecule is CC(C)(C)O[Si](C)(C)O.CC(C)(CC(C)(C)O[Si](C)(C)C)C[Si](C)(C)C.C[Si](C)(C)O. The molecule has 0 aliphatic rings. The summed E-state index contributed by atoms with van der Waals surface area (Å²) in [6, 6.07) is 1.37. The third-order valence-electron chi connectivity index (χ3n) is 3.05. The van der Waals surface area contributed by atoms with E-state index >= 15 is 0 Å². The van der Waals surface area contributed by atoms with Crippen molar-refractivity contribution in [3.63, 3.8) is 0 Å². The first kappa shape index (κ1) is 36.3. The first-order valence-electron chi connectivity index (χ1n) is 11.7. The predicted octanol–water partition coefficient (Wildman–Crippen LogP) is 7.68. The minimum absolute atomic E-state index is 0.0215.